The zero-order valence-corrected chi connectivity index (χ0v) is 10.9. The number of phenolic OH excluding ortho intramolecular Hbond substituents is 1. The fourth-order valence-corrected chi connectivity index (χ4v) is 2.17. The predicted octanol–water partition coefficient (Wildman–Crippen LogP) is 4.79. The van der Waals surface area contributed by atoms with Crippen LogP contribution >= 0.6 is 0 Å². The highest BCUT2D eigenvalue weighted by Crippen LogP contribution is 2.30. The van der Waals surface area contributed by atoms with Crippen molar-refractivity contribution in [3.8, 4) is 16.9 Å². The molecule has 0 saturated heterocycles. The lowest BCUT2D eigenvalue weighted by Crippen LogP contribution is -1.87. The van der Waals surface area contributed by atoms with Crippen LogP contribution in [0.3, 0.4) is 0 Å². The average Bonchev–Trinajstić information content (AvgIpc) is 2.42. The van der Waals surface area contributed by atoms with Gasteiger partial charge in [-0.1, -0.05) is 56.2 Å². The number of phenols is 1. The summed E-state index contributed by atoms with van der Waals surface area (Å²) < 4.78 is 0. The Morgan fingerprint density at radius 2 is 1.72 bits per heavy atom. The van der Waals surface area contributed by atoms with Crippen LogP contribution in [-0.2, 0) is 6.42 Å². The Kier molecular flexibility index (Phi) is 4.40. The van der Waals surface area contributed by atoms with Crippen molar-refractivity contribution in [3.63, 3.8) is 0 Å². The molecule has 0 aliphatic heterocycles. The SMILES string of the molecule is CCCCCc1ccc(O)c(-c2ccccc2)c1. The highest BCUT2D eigenvalue weighted by molar-refractivity contribution is 5.70. The summed E-state index contributed by atoms with van der Waals surface area (Å²) in [6, 6.07) is 16.0. The van der Waals surface area contributed by atoms with Gasteiger partial charge in [-0.15, -0.1) is 0 Å². The van der Waals surface area contributed by atoms with E-state index in [2.05, 4.69) is 13.0 Å². The Labute approximate surface area is 109 Å². The van der Waals surface area contributed by atoms with Crippen LogP contribution in [0.5, 0.6) is 5.75 Å². The van der Waals surface area contributed by atoms with Gasteiger partial charge in [-0.3, -0.25) is 0 Å². The summed E-state index contributed by atoms with van der Waals surface area (Å²) in [5.41, 5.74) is 3.32. The van der Waals surface area contributed by atoms with Crippen LogP contribution in [0.15, 0.2) is 48.5 Å². The first-order chi connectivity index (χ1) is 8.81. The number of rotatable bonds is 5. The molecule has 0 saturated carbocycles. The van der Waals surface area contributed by atoms with Crippen LogP contribution < -0.4 is 0 Å². The van der Waals surface area contributed by atoms with Crippen molar-refractivity contribution < 1.29 is 5.11 Å². The third-order valence-corrected chi connectivity index (χ3v) is 3.21. The van der Waals surface area contributed by atoms with Crippen molar-refractivity contribution in [2.45, 2.75) is 32.6 Å². The molecular formula is C17H20O. The van der Waals surface area contributed by atoms with Gasteiger partial charge in [0.25, 0.3) is 0 Å². The average molecular weight is 240 g/mol. The highest BCUT2D eigenvalue weighted by atomic mass is 16.3. The van der Waals surface area contributed by atoms with Gasteiger partial charge in [0.05, 0.1) is 0 Å². The van der Waals surface area contributed by atoms with Crippen LogP contribution in [-0.4, -0.2) is 5.11 Å². The summed E-state index contributed by atoms with van der Waals surface area (Å²) in [5, 5.41) is 9.96. The molecule has 18 heavy (non-hydrogen) atoms. The van der Waals surface area contributed by atoms with Crippen LogP contribution in [0.25, 0.3) is 11.1 Å². The standard InChI is InChI=1S/C17H20O/c1-2-3-5-8-14-11-12-17(18)16(13-14)15-9-6-4-7-10-15/h4,6-7,9-13,18H,2-3,5,8H2,1H3. The molecule has 0 fully saturated rings. The van der Waals surface area contributed by atoms with E-state index in [1.165, 1.54) is 24.8 Å². The maximum Gasteiger partial charge on any atom is 0.123 e. The lowest BCUT2D eigenvalue weighted by atomic mass is 9.99. The first kappa shape index (κ1) is 12.7. The first-order valence-corrected chi connectivity index (χ1v) is 6.68. The molecule has 1 N–H and O–H groups in total. The molecule has 0 heterocycles. The van der Waals surface area contributed by atoms with E-state index < -0.39 is 0 Å². The van der Waals surface area contributed by atoms with Crippen molar-refractivity contribution in [2.75, 3.05) is 0 Å². The summed E-state index contributed by atoms with van der Waals surface area (Å²) in [7, 11) is 0. The van der Waals surface area contributed by atoms with E-state index in [4.69, 9.17) is 0 Å². The number of benzene rings is 2. The van der Waals surface area contributed by atoms with E-state index in [9.17, 15) is 5.11 Å². The third-order valence-electron chi connectivity index (χ3n) is 3.21. The van der Waals surface area contributed by atoms with Gasteiger partial charge in [-0.25, -0.2) is 0 Å². The fourth-order valence-electron chi connectivity index (χ4n) is 2.17. The molecule has 0 atom stereocenters. The minimum atomic E-state index is 0.362. The van der Waals surface area contributed by atoms with Crippen molar-refractivity contribution in [1.82, 2.24) is 0 Å². The number of aryl methyl sites for hydroxylation is 1. The molecule has 0 aromatic heterocycles. The van der Waals surface area contributed by atoms with E-state index >= 15 is 0 Å². The Bertz CT molecular complexity index is 488. The number of hydrogen-bond acceptors (Lipinski definition) is 1. The predicted molar refractivity (Wildman–Crippen MR) is 76.8 cm³/mol. The van der Waals surface area contributed by atoms with E-state index in [0.29, 0.717) is 5.75 Å². The maximum atomic E-state index is 9.96. The monoisotopic (exact) mass is 240 g/mol. The maximum absolute atomic E-state index is 9.96. The quantitative estimate of drug-likeness (QED) is 0.745. The highest BCUT2D eigenvalue weighted by Gasteiger charge is 2.05. The second-order valence-electron chi connectivity index (χ2n) is 4.67. The third kappa shape index (κ3) is 3.13. The lowest BCUT2D eigenvalue weighted by Gasteiger charge is -2.08. The van der Waals surface area contributed by atoms with Crippen LogP contribution in [0.1, 0.15) is 31.7 Å². The van der Waals surface area contributed by atoms with Gasteiger partial charge in [0, 0.05) is 5.56 Å². The van der Waals surface area contributed by atoms with Crippen molar-refractivity contribution >= 4 is 0 Å². The normalized spacial score (nSPS) is 10.5. The number of aromatic hydroxyl groups is 1. The van der Waals surface area contributed by atoms with Gasteiger partial charge in [0.15, 0.2) is 0 Å². The zero-order chi connectivity index (χ0) is 12.8. The van der Waals surface area contributed by atoms with Gasteiger partial charge in [0.1, 0.15) is 5.75 Å². The first-order valence-electron chi connectivity index (χ1n) is 6.68. The molecule has 94 valence electrons. The molecule has 1 nitrogen and oxygen atoms in total. The van der Waals surface area contributed by atoms with Crippen molar-refractivity contribution in [1.29, 1.82) is 0 Å². The topological polar surface area (TPSA) is 20.2 Å². The summed E-state index contributed by atoms with van der Waals surface area (Å²) in [4.78, 5) is 0. The Morgan fingerprint density at radius 3 is 2.44 bits per heavy atom. The van der Waals surface area contributed by atoms with E-state index in [1.807, 2.05) is 42.5 Å². The Balaban J connectivity index is 2.22. The minimum absolute atomic E-state index is 0.362. The molecule has 2 aromatic rings. The molecule has 0 aliphatic carbocycles. The van der Waals surface area contributed by atoms with Gasteiger partial charge in [0.2, 0.25) is 0 Å². The smallest absolute Gasteiger partial charge is 0.123 e. The molecular weight excluding hydrogens is 220 g/mol. The Morgan fingerprint density at radius 1 is 0.944 bits per heavy atom. The number of unbranched alkanes of at least 4 members (excludes halogenated alkanes) is 2. The molecule has 0 unspecified atom stereocenters. The van der Waals surface area contributed by atoms with Crippen LogP contribution in [0.2, 0.25) is 0 Å². The molecule has 2 aromatic carbocycles. The lowest BCUT2D eigenvalue weighted by molar-refractivity contribution is 0.477. The molecule has 1 heteroatoms. The second kappa shape index (κ2) is 6.25. The minimum Gasteiger partial charge on any atom is -0.507 e. The van der Waals surface area contributed by atoms with Crippen LogP contribution in [0.4, 0.5) is 0 Å². The van der Waals surface area contributed by atoms with Gasteiger partial charge in [-0.05, 0) is 36.1 Å². The summed E-state index contributed by atoms with van der Waals surface area (Å²) in [5.74, 6) is 0.362. The fraction of sp³-hybridized carbons (Fsp3) is 0.294. The van der Waals surface area contributed by atoms with Crippen LogP contribution in [0, 0.1) is 0 Å². The summed E-state index contributed by atoms with van der Waals surface area (Å²) in [6.45, 7) is 2.21. The summed E-state index contributed by atoms with van der Waals surface area (Å²) >= 11 is 0. The largest absolute Gasteiger partial charge is 0.507 e. The van der Waals surface area contributed by atoms with Gasteiger partial charge < -0.3 is 5.11 Å². The number of hydrogen-bond donors (Lipinski definition) is 1. The van der Waals surface area contributed by atoms with E-state index in [-0.39, 0.29) is 0 Å². The van der Waals surface area contributed by atoms with Crippen molar-refractivity contribution in [3.05, 3.63) is 54.1 Å². The molecule has 0 radical (unpaired) electrons. The van der Waals surface area contributed by atoms with Gasteiger partial charge >= 0.3 is 0 Å². The zero-order valence-electron chi connectivity index (χ0n) is 10.9. The van der Waals surface area contributed by atoms with Gasteiger partial charge in [-0.2, -0.15) is 0 Å². The molecule has 0 spiro atoms. The molecule has 0 aliphatic rings. The van der Waals surface area contributed by atoms with E-state index in [0.717, 1.165) is 17.5 Å². The molecule has 0 amide bonds. The van der Waals surface area contributed by atoms with Crippen molar-refractivity contribution in [2.24, 2.45) is 0 Å². The molecule has 2 rings (SSSR count). The molecule has 0 bridgehead atoms. The summed E-state index contributed by atoms with van der Waals surface area (Å²) in [6.07, 6.45) is 4.81. The second-order valence-corrected chi connectivity index (χ2v) is 4.67. The van der Waals surface area contributed by atoms with E-state index in [1.54, 1.807) is 0 Å². The Hall–Kier alpha value is -1.76.